The van der Waals surface area contributed by atoms with Gasteiger partial charge in [0, 0.05) is 6.54 Å². The molecule has 0 saturated heterocycles. The van der Waals surface area contributed by atoms with Crippen molar-refractivity contribution in [3.8, 4) is 17.2 Å². The number of methoxy groups -OCH3 is 2. The molecule has 134 valence electrons. The molecule has 1 atom stereocenters. The van der Waals surface area contributed by atoms with Crippen molar-refractivity contribution >= 4 is 5.91 Å². The molecule has 1 N–H and O–H groups in total. The van der Waals surface area contributed by atoms with E-state index in [0.717, 1.165) is 23.5 Å². The normalized spacial score (nSPS) is 11.5. The zero-order chi connectivity index (χ0) is 18.1. The van der Waals surface area contributed by atoms with Crippen molar-refractivity contribution in [2.45, 2.75) is 25.9 Å². The maximum absolute atomic E-state index is 12.3. The molecule has 0 bridgehead atoms. The first-order valence-corrected chi connectivity index (χ1v) is 8.37. The average molecular weight is 343 g/mol. The van der Waals surface area contributed by atoms with Crippen LogP contribution in [0.1, 0.15) is 18.9 Å². The molecule has 1 amide bonds. The smallest absolute Gasteiger partial charge is 0.261 e. The molecule has 25 heavy (non-hydrogen) atoms. The summed E-state index contributed by atoms with van der Waals surface area (Å²) in [6.45, 7) is 2.49. The van der Waals surface area contributed by atoms with Crippen LogP contribution in [0.4, 0.5) is 0 Å². The van der Waals surface area contributed by atoms with Gasteiger partial charge in [0.25, 0.3) is 5.91 Å². The van der Waals surface area contributed by atoms with E-state index in [-0.39, 0.29) is 5.91 Å². The van der Waals surface area contributed by atoms with Crippen LogP contribution in [-0.4, -0.2) is 32.8 Å². The minimum absolute atomic E-state index is 0.105. The zero-order valence-electron chi connectivity index (χ0n) is 15.0. The van der Waals surface area contributed by atoms with Crippen molar-refractivity contribution in [2.75, 3.05) is 20.8 Å². The van der Waals surface area contributed by atoms with Gasteiger partial charge in [0.15, 0.2) is 6.10 Å². The Morgan fingerprint density at radius 3 is 1.96 bits per heavy atom. The van der Waals surface area contributed by atoms with Gasteiger partial charge >= 0.3 is 0 Å². The van der Waals surface area contributed by atoms with E-state index in [1.165, 1.54) is 0 Å². The minimum atomic E-state index is -0.510. The molecule has 0 aliphatic carbocycles. The number of benzene rings is 2. The lowest BCUT2D eigenvalue weighted by Gasteiger charge is -2.17. The maximum atomic E-state index is 12.3. The summed E-state index contributed by atoms with van der Waals surface area (Å²) in [6, 6.07) is 15.0. The second-order valence-corrected chi connectivity index (χ2v) is 5.58. The fourth-order valence-electron chi connectivity index (χ4n) is 2.38. The summed E-state index contributed by atoms with van der Waals surface area (Å²) >= 11 is 0. The molecule has 2 aromatic carbocycles. The van der Waals surface area contributed by atoms with Gasteiger partial charge in [-0.05, 0) is 54.8 Å². The van der Waals surface area contributed by atoms with Gasteiger partial charge in [0.05, 0.1) is 14.2 Å². The van der Waals surface area contributed by atoms with Crippen LogP contribution in [-0.2, 0) is 11.2 Å². The SMILES string of the molecule is CC[C@@H](Oc1ccc(OC)cc1)C(=O)NCCc1ccc(OC)cc1. The van der Waals surface area contributed by atoms with Crippen LogP contribution in [0.25, 0.3) is 0 Å². The molecule has 0 heterocycles. The average Bonchev–Trinajstić information content (AvgIpc) is 2.67. The summed E-state index contributed by atoms with van der Waals surface area (Å²) in [5.41, 5.74) is 1.14. The molecular weight excluding hydrogens is 318 g/mol. The quantitative estimate of drug-likeness (QED) is 0.759. The van der Waals surface area contributed by atoms with Gasteiger partial charge in [0.2, 0.25) is 0 Å². The maximum Gasteiger partial charge on any atom is 0.261 e. The molecule has 0 aliphatic heterocycles. The van der Waals surface area contributed by atoms with E-state index in [1.54, 1.807) is 26.4 Å². The Kier molecular flexibility index (Phi) is 7.14. The van der Waals surface area contributed by atoms with Crippen molar-refractivity contribution in [1.29, 1.82) is 0 Å². The Morgan fingerprint density at radius 1 is 0.920 bits per heavy atom. The lowest BCUT2D eigenvalue weighted by Crippen LogP contribution is -2.38. The van der Waals surface area contributed by atoms with E-state index in [4.69, 9.17) is 14.2 Å². The van der Waals surface area contributed by atoms with Crippen LogP contribution in [0.15, 0.2) is 48.5 Å². The largest absolute Gasteiger partial charge is 0.497 e. The van der Waals surface area contributed by atoms with Crippen LogP contribution < -0.4 is 19.5 Å². The van der Waals surface area contributed by atoms with Crippen molar-refractivity contribution in [1.82, 2.24) is 5.32 Å². The topological polar surface area (TPSA) is 56.8 Å². The summed E-state index contributed by atoms with van der Waals surface area (Å²) in [5.74, 6) is 2.13. The number of amides is 1. The van der Waals surface area contributed by atoms with E-state index < -0.39 is 6.10 Å². The first-order valence-electron chi connectivity index (χ1n) is 8.37. The van der Waals surface area contributed by atoms with Crippen LogP contribution in [0, 0.1) is 0 Å². The summed E-state index contributed by atoms with van der Waals surface area (Å²) in [7, 11) is 3.25. The monoisotopic (exact) mass is 343 g/mol. The van der Waals surface area contributed by atoms with Crippen LogP contribution in [0.2, 0.25) is 0 Å². The number of nitrogens with one attached hydrogen (secondary N) is 1. The molecule has 2 rings (SSSR count). The molecule has 0 spiro atoms. The van der Waals surface area contributed by atoms with Crippen molar-refractivity contribution in [3.05, 3.63) is 54.1 Å². The molecule has 0 unspecified atom stereocenters. The van der Waals surface area contributed by atoms with Crippen molar-refractivity contribution in [3.63, 3.8) is 0 Å². The molecule has 0 aliphatic rings. The van der Waals surface area contributed by atoms with Crippen LogP contribution >= 0.6 is 0 Å². The van der Waals surface area contributed by atoms with Crippen LogP contribution in [0.3, 0.4) is 0 Å². The summed E-state index contributed by atoms with van der Waals surface area (Å²) in [5, 5.41) is 2.93. The van der Waals surface area contributed by atoms with Gasteiger partial charge in [-0.25, -0.2) is 0 Å². The summed E-state index contributed by atoms with van der Waals surface area (Å²) in [4.78, 5) is 12.3. The number of hydrogen-bond acceptors (Lipinski definition) is 4. The Hall–Kier alpha value is -2.69. The number of carbonyl (C=O) groups excluding carboxylic acids is 1. The van der Waals surface area contributed by atoms with Gasteiger partial charge in [-0.15, -0.1) is 0 Å². The van der Waals surface area contributed by atoms with E-state index in [1.807, 2.05) is 43.3 Å². The molecule has 2 aromatic rings. The van der Waals surface area contributed by atoms with Crippen LogP contribution in [0.5, 0.6) is 17.2 Å². The Bertz CT molecular complexity index is 652. The number of ether oxygens (including phenoxy) is 3. The van der Waals surface area contributed by atoms with Gasteiger partial charge in [-0.1, -0.05) is 19.1 Å². The Labute approximate surface area is 148 Å². The lowest BCUT2D eigenvalue weighted by atomic mass is 10.1. The standard InChI is InChI=1S/C20H25NO4/c1-4-19(25-18-11-9-17(24-3)10-12-18)20(22)21-14-13-15-5-7-16(23-2)8-6-15/h5-12,19H,4,13-14H2,1-3H3,(H,21,22)/t19-/m1/s1. The highest BCUT2D eigenvalue weighted by molar-refractivity contribution is 5.81. The highest BCUT2D eigenvalue weighted by atomic mass is 16.5. The van der Waals surface area contributed by atoms with Gasteiger partial charge in [-0.2, -0.15) is 0 Å². The second kappa shape index (κ2) is 9.57. The van der Waals surface area contributed by atoms with Crippen molar-refractivity contribution < 1.29 is 19.0 Å². The summed E-state index contributed by atoms with van der Waals surface area (Å²) in [6.07, 6.45) is 0.846. The highest BCUT2D eigenvalue weighted by Crippen LogP contribution is 2.19. The first-order chi connectivity index (χ1) is 12.2. The predicted molar refractivity (Wildman–Crippen MR) is 97.4 cm³/mol. The molecule has 0 fully saturated rings. The fourth-order valence-corrected chi connectivity index (χ4v) is 2.38. The third kappa shape index (κ3) is 5.71. The lowest BCUT2D eigenvalue weighted by molar-refractivity contribution is -0.128. The molecule has 5 nitrogen and oxygen atoms in total. The number of rotatable bonds is 9. The Morgan fingerprint density at radius 2 is 1.44 bits per heavy atom. The first kappa shape index (κ1) is 18.6. The third-order valence-corrected chi connectivity index (χ3v) is 3.87. The molecule has 0 saturated carbocycles. The molecular formula is C20H25NO4. The fraction of sp³-hybridized carbons (Fsp3) is 0.350. The van der Waals surface area contributed by atoms with Gasteiger partial charge in [0.1, 0.15) is 17.2 Å². The molecule has 5 heteroatoms. The van der Waals surface area contributed by atoms with E-state index in [9.17, 15) is 4.79 Å². The van der Waals surface area contributed by atoms with E-state index in [0.29, 0.717) is 18.7 Å². The van der Waals surface area contributed by atoms with E-state index >= 15 is 0 Å². The third-order valence-electron chi connectivity index (χ3n) is 3.87. The van der Waals surface area contributed by atoms with E-state index in [2.05, 4.69) is 5.32 Å². The summed E-state index contributed by atoms with van der Waals surface area (Å²) < 4.78 is 16.0. The number of carbonyl (C=O) groups is 1. The Balaban J connectivity index is 1.81. The second-order valence-electron chi connectivity index (χ2n) is 5.58. The zero-order valence-corrected chi connectivity index (χ0v) is 15.0. The molecule has 0 radical (unpaired) electrons. The van der Waals surface area contributed by atoms with Gasteiger partial charge in [-0.3, -0.25) is 4.79 Å². The predicted octanol–water partition coefficient (Wildman–Crippen LogP) is 3.22. The van der Waals surface area contributed by atoms with Gasteiger partial charge < -0.3 is 19.5 Å². The number of hydrogen-bond donors (Lipinski definition) is 1. The minimum Gasteiger partial charge on any atom is -0.497 e. The highest BCUT2D eigenvalue weighted by Gasteiger charge is 2.17. The van der Waals surface area contributed by atoms with Crippen molar-refractivity contribution in [2.24, 2.45) is 0 Å². The molecule has 0 aromatic heterocycles.